The number of nitrogens with one attached hydrogen (secondary N) is 1. The molecule has 0 amide bonds. The van der Waals surface area contributed by atoms with Gasteiger partial charge in [0, 0.05) is 17.3 Å². The number of rotatable bonds is 4. The summed E-state index contributed by atoms with van der Waals surface area (Å²) < 4.78 is 25.7. The number of nitrogen functional groups attached to an aromatic ring is 1. The van der Waals surface area contributed by atoms with Gasteiger partial charge in [0.25, 0.3) is 0 Å². The summed E-state index contributed by atoms with van der Waals surface area (Å²) in [6, 6.07) is 22.4. The van der Waals surface area contributed by atoms with E-state index in [2.05, 4.69) is 35.1 Å². The Morgan fingerprint density at radius 1 is 0.964 bits per heavy atom. The van der Waals surface area contributed by atoms with Crippen molar-refractivity contribution in [2.24, 2.45) is 0 Å². The van der Waals surface area contributed by atoms with E-state index >= 15 is 0 Å². The molecule has 0 saturated heterocycles. The smallest absolute Gasteiger partial charge is 0.229 e. The first kappa shape index (κ1) is 18.6. The van der Waals surface area contributed by atoms with Crippen molar-refractivity contribution in [2.75, 3.05) is 16.7 Å². The second-order valence-electron chi connectivity index (χ2n) is 7.45. The number of hydrogen-bond donors (Lipinski definition) is 2. The van der Waals surface area contributed by atoms with Gasteiger partial charge >= 0.3 is 0 Å². The standard InChI is InChI=1S/C23H24N2O2S/c1-28(26,27)25-18-8-4-6-16(14-18)15-22-19-9-3-2-7-17(19)12-13-21-20(22)10-5-11-23(21)24/h2-11,14,22,25H,12-13,15,24H2,1H3. The average molecular weight is 393 g/mol. The molecule has 0 aromatic heterocycles. The van der Waals surface area contributed by atoms with Crippen LogP contribution in [-0.4, -0.2) is 14.7 Å². The van der Waals surface area contributed by atoms with Crippen LogP contribution in [0.4, 0.5) is 11.4 Å². The SMILES string of the molecule is CS(=O)(=O)Nc1cccc(CC2c3ccccc3CCc3c(N)cccc32)c1. The van der Waals surface area contributed by atoms with E-state index in [0.717, 1.165) is 30.5 Å². The van der Waals surface area contributed by atoms with Gasteiger partial charge in [-0.05, 0) is 65.3 Å². The Morgan fingerprint density at radius 3 is 2.54 bits per heavy atom. The lowest BCUT2D eigenvalue weighted by Crippen LogP contribution is -2.11. The van der Waals surface area contributed by atoms with E-state index in [-0.39, 0.29) is 5.92 Å². The number of anilines is 2. The van der Waals surface area contributed by atoms with Gasteiger partial charge in [-0.3, -0.25) is 4.72 Å². The van der Waals surface area contributed by atoms with Gasteiger partial charge in [-0.2, -0.15) is 0 Å². The molecule has 1 unspecified atom stereocenters. The largest absolute Gasteiger partial charge is 0.398 e. The van der Waals surface area contributed by atoms with E-state index in [1.165, 1.54) is 28.5 Å². The summed E-state index contributed by atoms with van der Waals surface area (Å²) in [6.07, 6.45) is 3.86. The molecule has 4 rings (SSSR count). The zero-order chi connectivity index (χ0) is 19.7. The van der Waals surface area contributed by atoms with Crippen LogP contribution >= 0.6 is 0 Å². The summed E-state index contributed by atoms with van der Waals surface area (Å²) in [5.74, 6) is 0.186. The summed E-state index contributed by atoms with van der Waals surface area (Å²) in [4.78, 5) is 0. The first-order valence-electron chi connectivity index (χ1n) is 9.42. The van der Waals surface area contributed by atoms with Crippen LogP contribution < -0.4 is 10.5 Å². The number of fused-ring (bicyclic) bond motifs is 2. The van der Waals surface area contributed by atoms with Crippen molar-refractivity contribution in [3.05, 3.63) is 94.5 Å². The van der Waals surface area contributed by atoms with Crippen LogP contribution in [0.15, 0.2) is 66.7 Å². The Labute approximate surface area is 166 Å². The van der Waals surface area contributed by atoms with Gasteiger partial charge in [-0.1, -0.05) is 48.5 Å². The fourth-order valence-corrected chi connectivity index (χ4v) is 4.75. The van der Waals surface area contributed by atoms with Gasteiger partial charge in [0.15, 0.2) is 0 Å². The Kier molecular flexibility index (Phi) is 4.85. The maximum absolute atomic E-state index is 11.6. The number of benzene rings is 3. The zero-order valence-corrected chi connectivity index (χ0v) is 16.7. The van der Waals surface area contributed by atoms with Crippen LogP contribution in [0.3, 0.4) is 0 Å². The van der Waals surface area contributed by atoms with Crippen LogP contribution in [-0.2, 0) is 29.3 Å². The summed E-state index contributed by atoms with van der Waals surface area (Å²) in [7, 11) is -3.30. The monoisotopic (exact) mass is 392 g/mol. The molecule has 0 radical (unpaired) electrons. The quantitative estimate of drug-likeness (QED) is 0.656. The molecule has 1 aliphatic rings. The first-order chi connectivity index (χ1) is 13.4. The van der Waals surface area contributed by atoms with Crippen LogP contribution in [0.1, 0.15) is 33.7 Å². The number of nitrogens with two attached hydrogens (primary N) is 1. The highest BCUT2D eigenvalue weighted by molar-refractivity contribution is 7.92. The minimum absolute atomic E-state index is 0.186. The molecule has 5 heteroatoms. The molecular weight excluding hydrogens is 368 g/mol. The van der Waals surface area contributed by atoms with Crippen LogP contribution in [0, 0.1) is 0 Å². The van der Waals surface area contributed by atoms with Gasteiger partial charge in [-0.15, -0.1) is 0 Å². The normalized spacial score (nSPS) is 16.0. The molecule has 144 valence electrons. The van der Waals surface area contributed by atoms with Crippen molar-refractivity contribution >= 4 is 21.4 Å². The fraction of sp³-hybridized carbons (Fsp3) is 0.217. The van der Waals surface area contributed by atoms with Gasteiger partial charge < -0.3 is 5.73 Å². The van der Waals surface area contributed by atoms with Crippen LogP contribution in [0.5, 0.6) is 0 Å². The van der Waals surface area contributed by atoms with Gasteiger partial charge in [0.05, 0.1) is 6.26 Å². The Hall–Kier alpha value is -2.79. The van der Waals surface area contributed by atoms with E-state index in [1.54, 1.807) is 6.07 Å². The lowest BCUT2D eigenvalue weighted by atomic mass is 9.83. The Morgan fingerprint density at radius 2 is 1.71 bits per heavy atom. The molecule has 0 saturated carbocycles. The second kappa shape index (κ2) is 7.32. The summed E-state index contributed by atoms with van der Waals surface area (Å²) >= 11 is 0. The number of sulfonamides is 1. The van der Waals surface area contributed by atoms with Crippen molar-refractivity contribution in [3.8, 4) is 0 Å². The lowest BCUT2D eigenvalue weighted by molar-refractivity contribution is 0.607. The third-order valence-corrected chi connectivity index (χ3v) is 5.98. The summed E-state index contributed by atoms with van der Waals surface area (Å²) in [5, 5.41) is 0. The molecule has 0 bridgehead atoms. The molecule has 0 fully saturated rings. The first-order valence-corrected chi connectivity index (χ1v) is 11.3. The number of aryl methyl sites for hydroxylation is 1. The molecule has 1 atom stereocenters. The van der Waals surface area contributed by atoms with Crippen molar-refractivity contribution in [3.63, 3.8) is 0 Å². The predicted octanol–water partition coefficient (Wildman–Crippen LogP) is 4.11. The lowest BCUT2D eigenvalue weighted by Gasteiger charge is -2.21. The molecule has 3 N–H and O–H groups in total. The second-order valence-corrected chi connectivity index (χ2v) is 9.19. The molecule has 4 nitrogen and oxygen atoms in total. The van der Waals surface area contributed by atoms with Gasteiger partial charge in [0.2, 0.25) is 10.0 Å². The molecule has 28 heavy (non-hydrogen) atoms. The van der Waals surface area contributed by atoms with E-state index in [4.69, 9.17) is 5.73 Å². The van der Waals surface area contributed by atoms with Crippen LogP contribution in [0.25, 0.3) is 0 Å². The summed E-state index contributed by atoms with van der Waals surface area (Å²) in [6.45, 7) is 0. The van der Waals surface area contributed by atoms with Gasteiger partial charge in [-0.25, -0.2) is 8.42 Å². The molecule has 0 heterocycles. The average Bonchev–Trinajstić information content (AvgIpc) is 2.79. The highest BCUT2D eigenvalue weighted by atomic mass is 32.2. The summed E-state index contributed by atoms with van der Waals surface area (Å²) in [5.41, 5.74) is 14.0. The zero-order valence-electron chi connectivity index (χ0n) is 15.9. The highest BCUT2D eigenvalue weighted by Gasteiger charge is 2.25. The van der Waals surface area contributed by atoms with E-state index in [0.29, 0.717) is 5.69 Å². The minimum atomic E-state index is -3.30. The third kappa shape index (κ3) is 3.90. The van der Waals surface area contributed by atoms with Crippen LogP contribution in [0.2, 0.25) is 0 Å². The van der Waals surface area contributed by atoms with Crippen molar-refractivity contribution in [2.45, 2.75) is 25.2 Å². The minimum Gasteiger partial charge on any atom is -0.398 e. The Balaban J connectivity index is 1.77. The third-order valence-electron chi connectivity index (χ3n) is 5.37. The molecule has 3 aromatic carbocycles. The molecule has 0 spiro atoms. The highest BCUT2D eigenvalue weighted by Crippen LogP contribution is 2.38. The van der Waals surface area contributed by atoms with Crippen molar-refractivity contribution in [1.29, 1.82) is 0 Å². The van der Waals surface area contributed by atoms with E-state index < -0.39 is 10.0 Å². The molecule has 1 aliphatic carbocycles. The van der Waals surface area contributed by atoms with Gasteiger partial charge in [0.1, 0.15) is 0 Å². The van der Waals surface area contributed by atoms with Crippen molar-refractivity contribution < 1.29 is 8.42 Å². The molecule has 3 aromatic rings. The maximum Gasteiger partial charge on any atom is 0.229 e. The topological polar surface area (TPSA) is 72.2 Å². The molecule has 0 aliphatic heterocycles. The Bertz CT molecular complexity index is 1120. The number of hydrogen-bond acceptors (Lipinski definition) is 3. The van der Waals surface area contributed by atoms with Crippen molar-refractivity contribution in [1.82, 2.24) is 0 Å². The molecular formula is C23H24N2O2S. The maximum atomic E-state index is 11.6. The fourth-order valence-electron chi connectivity index (χ4n) is 4.20. The predicted molar refractivity (Wildman–Crippen MR) is 115 cm³/mol. The van der Waals surface area contributed by atoms with E-state index in [1.807, 2.05) is 30.3 Å². The van der Waals surface area contributed by atoms with E-state index in [9.17, 15) is 8.42 Å².